The highest BCUT2D eigenvalue weighted by molar-refractivity contribution is 5.66. The van der Waals surface area contributed by atoms with Gasteiger partial charge in [0.15, 0.2) is 0 Å². The fraction of sp³-hybridized carbons (Fsp3) is 0.500. The predicted molar refractivity (Wildman–Crippen MR) is 69.2 cm³/mol. The van der Waals surface area contributed by atoms with E-state index in [1.165, 1.54) is 11.1 Å². The van der Waals surface area contributed by atoms with Crippen LogP contribution in [0.15, 0.2) is 24.3 Å². The van der Waals surface area contributed by atoms with E-state index in [0.717, 1.165) is 19.4 Å². The zero-order chi connectivity index (χ0) is 12.7. The molecule has 0 spiro atoms. The summed E-state index contributed by atoms with van der Waals surface area (Å²) in [7, 11) is 1.97. The molecule has 0 aliphatic heterocycles. The highest BCUT2D eigenvalue weighted by Gasteiger charge is 2.03. The lowest BCUT2D eigenvalue weighted by Gasteiger charge is -2.15. The van der Waals surface area contributed by atoms with Gasteiger partial charge in [0.1, 0.15) is 0 Å². The summed E-state index contributed by atoms with van der Waals surface area (Å²) in [5.41, 5.74) is 2.72. The van der Waals surface area contributed by atoms with Gasteiger partial charge in [0, 0.05) is 6.54 Å². The van der Waals surface area contributed by atoms with E-state index in [9.17, 15) is 4.79 Å². The van der Waals surface area contributed by atoms with E-state index in [1.807, 2.05) is 7.05 Å². The number of carboxylic acid groups (broad SMARTS) is 1. The molecule has 0 amide bonds. The Morgan fingerprint density at radius 1 is 1.29 bits per heavy atom. The van der Waals surface area contributed by atoms with Gasteiger partial charge in [-0.1, -0.05) is 24.3 Å². The van der Waals surface area contributed by atoms with Crippen molar-refractivity contribution < 1.29 is 9.90 Å². The van der Waals surface area contributed by atoms with Gasteiger partial charge in [-0.25, -0.2) is 0 Å². The van der Waals surface area contributed by atoms with E-state index in [-0.39, 0.29) is 6.42 Å². The third-order valence-corrected chi connectivity index (χ3v) is 2.95. The van der Waals surface area contributed by atoms with E-state index in [4.69, 9.17) is 5.11 Å². The van der Waals surface area contributed by atoms with E-state index < -0.39 is 5.97 Å². The summed E-state index contributed by atoms with van der Waals surface area (Å²) in [5, 5.41) is 8.58. The molecular weight excluding hydrogens is 214 g/mol. The van der Waals surface area contributed by atoms with Crippen LogP contribution in [0.4, 0.5) is 0 Å². The Morgan fingerprint density at radius 3 is 2.65 bits per heavy atom. The average molecular weight is 235 g/mol. The zero-order valence-electron chi connectivity index (χ0n) is 10.6. The van der Waals surface area contributed by atoms with Gasteiger partial charge in [0.05, 0.1) is 6.42 Å². The minimum absolute atomic E-state index is 0.223. The second kappa shape index (κ2) is 7.07. The third-order valence-electron chi connectivity index (χ3n) is 2.95. The number of hydrogen-bond acceptors (Lipinski definition) is 2. The number of benzene rings is 1. The molecule has 1 aromatic rings. The van der Waals surface area contributed by atoms with Crippen molar-refractivity contribution in [2.24, 2.45) is 0 Å². The minimum Gasteiger partial charge on any atom is -0.481 e. The molecule has 3 heteroatoms. The molecule has 0 fully saturated rings. The minimum atomic E-state index is -0.726. The number of rotatable bonds is 7. The molecule has 0 atom stereocenters. The number of nitrogens with zero attached hydrogens (tertiary/aromatic N) is 1. The smallest absolute Gasteiger partial charge is 0.304 e. The fourth-order valence-electron chi connectivity index (χ4n) is 1.83. The Morgan fingerprint density at radius 2 is 2.00 bits per heavy atom. The highest BCUT2D eigenvalue weighted by Crippen LogP contribution is 2.09. The van der Waals surface area contributed by atoms with Gasteiger partial charge in [0.2, 0.25) is 0 Å². The molecule has 0 saturated carbocycles. The summed E-state index contributed by atoms with van der Waals surface area (Å²) in [4.78, 5) is 12.5. The van der Waals surface area contributed by atoms with Crippen LogP contribution < -0.4 is 0 Å². The molecule has 0 aliphatic carbocycles. The molecular formula is C14H21NO2. The van der Waals surface area contributed by atoms with Crippen LogP contribution in [0.5, 0.6) is 0 Å². The normalized spacial score (nSPS) is 10.8. The number of aliphatic carboxylic acids is 1. The first-order chi connectivity index (χ1) is 8.09. The monoisotopic (exact) mass is 235 g/mol. The molecule has 0 heterocycles. The summed E-state index contributed by atoms with van der Waals surface area (Å²) in [6, 6.07) is 8.41. The molecule has 94 valence electrons. The number of hydrogen-bond donors (Lipinski definition) is 1. The lowest BCUT2D eigenvalue weighted by molar-refractivity contribution is -0.137. The van der Waals surface area contributed by atoms with Gasteiger partial charge in [-0.3, -0.25) is 4.79 Å². The third kappa shape index (κ3) is 5.50. The van der Waals surface area contributed by atoms with E-state index >= 15 is 0 Å². The van der Waals surface area contributed by atoms with Gasteiger partial charge in [-0.05, 0) is 44.5 Å². The molecule has 17 heavy (non-hydrogen) atoms. The Labute approximate surface area is 103 Å². The second-order valence-corrected chi connectivity index (χ2v) is 4.48. The average Bonchev–Trinajstić information content (AvgIpc) is 2.29. The maximum atomic E-state index is 10.4. The topological polar surface area (TPSA) is 40.5 Å². The molecule has 0 saturated heterocycles. The Kier molecular flexibility index (Phi) is 5.70. The number of carboxylic acids is 1. The van der Waals surface area contributed by atoms with E-state index in [2.05, 4.69) is 36.1 Å². The summed E-state index contributed by atoms with van der Waals surface area (Å²) >= 11 is 0. The van der Waals surface area contributed by atoms with Crippen LogP contribution in [0.25, 0.3) is 0 Å². The first-order valence-corrected chi connectivity index (χ1v) is 6.04. The van der Waals surface area contributed by atoms with Crippen LogP contribution in [0.3, 0.4) is 0 Å². The Bertz CT molecular complexity index is 363. The molecule has 0 unspecified atom stereocenters. The van der Waals surface area contributed by atoms with Crippen LogP contribution in [0.1, 0.15) is 24.0 Å². The first kappa shape index (κ1) is 13.7. The predicted octanol–water partition coefficient (Wildman–Crippen LogP) is 2.33. The summed E-state index contributed by atoms with van der Waals surface area (Å²) in [6.07, 6.45) is 2.35. The van der Waals surface area contributed by atoms with Gasteiger partial charge >= 0.3 is 5.97 Å². The van der Waals surface area contributed by atoms with Crippen LogP contribution in [0, 0.1) is 6.92 Å². The number of carbonyl (C=O) groups is 1. The van der Waals surface area contributed by atoms with Gasteiger partial charge in [-0.15, -0.1) is 0 Å². The SMILES string of the molecule is Cc1ccccc1CCCN(C)CCC(=O)O. The van der Waals surface area contributed by atoms with Crippen molar-refractivity contribution in [2.45, 2.75) is 26.2 Å². The van der Waals surface area contributed by atoms with Crippen LogP contribution in [-0.2, 0) is 11.2 Å². The first-order valence-electron chi connectivity index (χ1n) is 6.04. The molecule has 0 aromatic heterocycles. The van der Waals surface area contributed by atoms with Crippen LogP contribution in [0.2, 0.25) is 0 Å². The molecule has 3 nitrogen and oxygen atoms in total. The molecule has 0 bridgehead atoms. The quantitative estimate of drug-likeness (QED) is 0.788. The van der Waals surface area contributed by atoms with Gasteiger partial charge in [-0.2, -0.15) is 0 Å². The lowest BCUT2D eigenvalue weighted by atomic mass is 10.0. The lowest BCUT2D eigenvalue weighted by Crippen LogP contribution is -2.23. The molecule has 1 rings (SSSR count). The van der Waals surface area contributed by atoms with Crippen molar-refractivity contribution in [3.05, 3.63) is 35.4 Å². The maximum absolute atomic E-state index is 10.4. The standard InChI is InChI=1S/C14H21NO2/c1-12-6-3-4-7-13(12)8-5-10-15(2)11-9-14(16)17/h3-4,6-7H,5,8-11H2,1-2H3,(H,16,17). The highest BCUT2D eigenvalue weighted by atomic mass is 16.4. The summed E-state index contributed by atoms with van der Waals surface area (Å²) in [5.74, 6) is -0.726. The van der Waals surface area contributed by atoms with Crippen molar-refractivity contribution in [1.82, 2.24) is 4.90 Å². The van der Waals surface area contributed by atoms with Crippen molar-refractivity contribution in [3.63, 3.8) is 0 Å². The molecule has 1 aromatic carbocycles. The molecule has 0 radical (unpaired) electrons. The molecule has 1 N–H and O–H groups in total. The largest absolute Gasteiger partial charge is 0.481 e. The van der Waals surface area contributed by atoms with Crippen molar-refractivity contribution in [3.8, 4) is 0 Å². The van der Waals surface area contributed by atoms with Crippen LogP contribution in [-0.4, -0.2) is 36.1 Å². The van der Waals surface area contributed by atoms with Crippen molar-refractivity contribution >= 4 is 5.97 Å². The van der Waals surface area contributed by atoms with Gasteiger partial charge < -0.3 is 10.0 Å². The summed E-state index contributed by atoms with van der Waals surface area (Å²) in [6.45, 7) is 3.70. The Hall–Kier alpha value is -1.35. The van der Waals surface area contributed by atoms with Gasteiger partial charge in [0.25, 0.3) is 0 Å². The summed E-state index contributed by atoms with van der Waals surface area (Å²) < 4.78 is 0. The Balaban J connectivity index is 2.24. The molecule has 0 aliphatic rings. The van der Waals surface area contributed by atoms with Crippen molar-refractivity contribution in [2.75, 3.05) is 20.1 Å². The second-order valence-electron chi connectivity index (χ2n) is 4.48. The van der Waals surface area contributed by atoms with E-state index in [0.29, 0.717) is 6.54 Å². The number of aryl methyl sites for hydroxylation is 2. The van der Waals surface area contributed by atoms with Crippen molar-refractivity contribution in [1.29, 1.82) is 0 Å². The van der Waals surface area contributed by atoms with E-state index in [1.54, 1.807) is 0 Å². The maximum Gasteiger partial charge on any atom is 0.304 e. The van der Waals surface area contributed by atoms with Crippen LogP contribution >= 0.6 is 0 Å². The fourth-order valence-corrected chi connectivity index (χ4v) is 1.83. The zero-order valence-corrected chi connectivity index (χ0v) is 10.6.